The average Bonchev–Trinajstić information content (AvgIpc) is 2.40. The summed E-state index contributed by atoms with van der Waals surface area (Å²) in [6.07, 6.45) is 0.941. The van der Waals surface area contributed by atoms with Crippen molar-refractivity contribution in [1.82, 2.24) is 0 Å². The van der Waals surface area contributed by atoms with Gasteiger partial charge < -0.3 is 4.74 Å². The van der Waals surface area contributed by atoms with Gasteiger partial charge in [-0.2, -0.15) is 12.6 Å². The molecule has 2 rings (SSSR count). The van der Waals surface area contributed by atoms with E-state index in [1.54, 1.807) is 7.11 Å². The highest BCUT2D eigenvalue weighted by Gasteiger charge is 2.07. The molecule has 0 heterocycles. The first-order chi connectivity index (χ1) is 8.29. The fourth-order valence-electron chi connectivity index (χ4n) is 1.78. The van der Waals surface area contributed by atoms with Gasteiger partial charge in [0.2, 0.25) is 0 Å². The second-order valence-corrected chi connectivity index (χ2v) is 4.60. The third-order valence-electron chi connectivity index (χ3n) is 2.77. The lowest BCUT2D eigenvalue weighted by Crippen LogP contribution is -1.96. The molecule has 0 bridgehead atoms. The summed E-state index contributed by atoms with van der Waals surface area (Å²) in [5.41, 5.74) is 2.53. The number of hydrogen-bond donors (Lipinski definition) is 1. The van der Waals surface area contributed by atoms with Gasteiger partial charge in [0.25, 0.3) is 0 Å². The molecule has 0 spiro atoms. The predicted molar refractivity (Wildman–Crippen MR) is 82.1 cm³/mol. The van der Waals surface area contributed by atoms with E-state index in [9.17, 15) is 0 Å². The van der Waals surface area contributed by atoms with Crippen LogP contribution >= 0.6 is 25.0 Å². The van der Waals surface area contributed by atoms with Crippen LogP contribution in [0.3, 0.4) is 0 Å². The van der Waals surface area contributed by atoms with Crippen LogP contribution in [0.25, 0.3) is 0 Å². The second-order valence-electron chi connectivity index (χ2n) is 3.98. The molecule has 0 fully saturated rings. The molecule has 3 heteroatoms. The molecule has 2 aromatic carbocycles. The Hall–Kier alpha value is -1.12. The highest BCUT2D eigenvalue weighted by molar-refractivity contribution is 7.80. The maximum absolute atomic E-state index is 5.14. The molecule has 96 valence electrons. The summed E-state index contributed by atoms with van der Waals surface area (Å²) in [6, 6.07) is 18.5. The van der Waals surface area contributed by atoms with Crippen LogP contribution in [0.1, 0.15) is 16.4 Å². The maximum Gasteiger partial charge on any atom is 0.118 e. The zero-order chi connectivity index (χ0) is 12.1. The van der Waals surface area contributed by atoms with Crippen molar-refractivity contribution in [1.29, 1.82) is 0 Å². The molecule has 2 aromatic rings. The summed E-state index contributed by atoms with van der Waals surface area (Å²) < 4.78 is 5.14. The van der Waals surface area contributed by atoms with Crippen LogP contribution in [-0.2, 0) is 6.42 Å². The Labute approximate surface area is 120 Å². The zero-order valence-corrected chi connectivity index (χ0v) is 12.0. The Bertz CT molecular complexity index is 456. The lowest BCUT2D eigenvalue weighted by Gasteiger charge is -2.11. The zero-order valence-electron chi connectivity index (χ0n) is 10.2. The molecule has 0 N–H and O–H groups in total. The molecule has 0 aromatic heterocycles. The summed E-state index contributed by atoms with van der Waals surface area (Å²) in [7, 11) is 1.68. The molecule has 1 nitrogen and oxygen atoms in total. The van der Waals surface area contributed by atoms with Gasteiger partial charge in [-0.25, -0.2) is 0 Å². The molecule has 0 aliphatic carbocycles. The minimum absolute atomic E-state index is 0. The highest BCUT2D eigenvalue weighted by Crippen LogP contribution is 2.26. The largest absolute Gasteiger partial charge is 0.497 e. The Morgan fingerprint density at radius 3 is 2.17 bits per heavy atom. The standard InChI is InChI=1S/C15H16OS.ClH/c1-16-14-9-7-13(8-10-14)15(17)11-12-5-3-2-4-6-12;/h2-10,15,17H,11H2,1H3;1H. The highest BCUT2D eigenvalue weighted by atomic mass is 35.5. The van der Waals surface area contributed by atoms with Crippen LogP contribution in [-0.4, -0.2) is 7.11 Å². The van der Waals surface area contributed by atoms with Crippen LogP contribution in [0.2, 0.25) is 0 Å². The van der Waals surface area contributed by atoms with Gasteiger partial charge in [-0.15, -0.1) is 12.4 Å². The van der Waals surface area contributed by atoms with Crippen molar-refractivity contribution in [2.45, 2.75) is 11.7 Å². The van der Waals surface area contributed by atoms with E-state index in [4.69, 9.17) is 4.74 Å². The van der Waals surface area contributed by atoms with Crippen molar-refractivity contribution >= 4 is 25.0 Å². The van der Waals surface area contributed by atoms with Crippen molar-refractivity contribution < 1.29 is 4.74 Å². The van der Waals surface area contributed by atoms with E-state index in [0.717, 1.165) is 12.2 Å². The van der Waals surface area contributed by atoms with Gasteiger partial charge in [0.1, 0.15) is 5.75 Å². The summed E-state index contributed by atoms with van der Waals surface area (Å²) in [4.78, 5) is 0. The van der Waals surface area contributed by atoms with Crippen molar-refractivity contribution in [3.8, 4) is 5.75 Å². The number of methoxy groups -OCH3 is 1. The molecule has 0 radical (unpaired) electrons. The minimum Gasteiger partial charge on any atom is -0.497 e. The Morgan fingerprint density at radius 2 is 1.61 bits per heavy atom. The Balaban J connectivity index is 0.00000162. The minimum atomic E-state index is 0. The summed E-state index contributed by atoms with van der Waals surface area (Å²) in [5, 5.41) is 0.225. The van der Waals surface area contributed by atoms with Crippen molar-refractivity contribution in [3.63, 3.8) is 0 Å². The summed E-state index contributed by atoms with van der Waals surface area (Å²) in [6.45, 7) is 0. The van der Waals surface area contributed by atoms with Crippen molar-refractivity contribution in [2.75, 3.05) is 7.11 Å². The molecular weight excluding hydrogens is 264 g/mol. The van der Waals surface area contributed by atoms with Crippen LogP contribution < -0.4 is 4.74 Å². The van der Waals surface area contributed by atoms with E-state index in [1.165, 1.54) is 11.1 Å². The fraction of sp³-hybridized carbons (Fsp3) is 0.200. The molecule has 1 atom stereocenters. The van der Waals surface area contributed by atoms with Gasteiger partial charge in [-0.05, 0) is 29.7 Å². The van der Waals surface area contributed by atoms with E-state index in [1.807, 2.05) is 18.2 Å². The van der Waals surface area contributed by atoms with Gasteiger partial charge in [0.05, 0.1) is 7.11 Å². The van der Waals surface area contributed by atoms with Gasteiger partial charge in [0.15, 0.2) is 0 Å². The summed E-state index contributed by atoms with van der Waals surface area (Å²) >= 11 is 4.65. The van der Waals surface area contributed by atoms with Crippen molar-refractivity contribution in [2.24, 2.45) is 0 Å². The number of rotatable bonds is 4. The van der Waals surface area contributed by atoms with Crippen LogP contribution in [0, 0.1) is 0 Å². The van der Waals surface area contributed by atoms with E-state index in [0.29, 0.717) is 0 Å². The first-order valence-corrected chi connectivity index (χ1v) is 6.17. The van der Waals surface area contributed by atoms with Crippen molar-refractivity contribution in [3.05, 3.63) is 65.7 Å². The number of hydrogen-bond acceptors (Lipinski definition) is 2. The Kier molecular flexibility index (Phi) is 6.10. The fourth-order valence-corrected chi connectivity index (χ4v) is 2.16. The monoisotopic (exact) mass is 280 g/mol. The molecule has 0 saturated carbocycles. The maximum atomic E-state index is 5.14. The lowest BCUT2D eigenvalue weighted by molar-refractivity contribution is 0.414. The average molecular weight is 281 g/mol. The second kappa shape index (κ2) is 7.34. The first-order valence-electron chi connectivity index (χ1n) is 5.65. The predicted octanol–water partition coefficient (Wildman–Crippen LogP) is 4.33. The molecule has 0 amide bonds. The number of benzene rings is 2. The van der Waals surface area contributed by atoms with Gasteiger partial charge >= 0.3 is 0 Å². The lowest BCUT2D eigenvalue weighted by atomic mass is 10.0. The third-order valence-corrected chi connectivity index (χ3v) is 3.25. The van der Waals surface area contributed by atoms with Gasteiger partial charge in [-0.3, -0.25) is 0 Å². The first kappa shape index (κ1) is 14.9. The number of ether oxygens (including phenoxy) is 1. The third kappa shape index (κ3) is 3.97. The Morgan fingerprint density at radius 1 is 1.00 bits per heavy atom. The number of halogens is 1. The number of thiol groups is 1. The molecule has 0 saturated heterocycles. The molecule has 0 aliphatic rings. The topological polar surface area (TPSA) is 9.23 Å². The van der Waals surface area contributed by atoms with E-state index < -0.39 is 0 Å². The van der Waals surface area contributed by atoms with Gasteiger partial charge in [-0.1, -0.05) is 42.5 Å². The quantitative estimate of drug-likeness (QED) is 0.820. The van der Waals surface area contributed by atoms with E-state index >= 15 is 0 Å². The molecular formula is C15H17ClOS. The smallest absolute Gasteiger partial charge is 0.118 e. The summed E-state index contributed by atoms with van der Waals surface area (Å²) in [5.74, 6) is 0.883. The van der Waals surface area contributed by atoms with E-state index in [2.05, 4.69) is 49.0 Å². The van der Waals surface area contributed by atoms with Crippen LogP contribution in [0.5, 0.6) is 5.75 Å². The SMILES string of the molecule is COc1ccc(C(S)Cc2ccccc2)cc1.Cl. The molecule has 1 unspecified atom stereocenters. The molecule has 18 heavy (non-hydrogen) atoms. The molecule has 0 aliphatic heterocycles. The normalized spacial score (nSPS) is 11.4. The van der Waals surface area contributed by atoms with Gasteiger partial charge in [0, 0.05) is 5.25 Å². The van der Waals surface area contributed by atoms with Crippen LogP contribution in [0.15, 0.2) is 54.6 Å². The van der Waals surface area contributed by atoms with Crippen LogP contribution in [0.4, 0.5) is 0 Å². The van der Waals surface area contributed by atoms with E-state index in [-0.39, 0.29) is 17.7 Å².